The van der Waals surface area contributed by atoms with Gasteiger partial charge in [0.1, 0.15) is 11.1 Å². The molecule has 1 aromatic carbocycles. The fourth-order valence-corrected chi connectivity index (χ4v) is 3.67. The fourth-order valence-electron chi connectivity index (χ4n) is 2.42. The minimum Gasteiger partial charge on any atom is -0.482 e. The van der Waals surface area contributed by atoms with Crippen molar-refractivity contribution < 1.29 is 28.6 Å². The van der Waals surface area contributed by atoms with Gasteiger partial charge in [0, 0.05) is 12.1 Å². The van der Waals surface area contributed by atoms with Gasteiger partial charge >= 0.3 is 11.9 Å². The molecule has 8 heteroatoms. The number of carbonyl (C=O) groups excluding carboxylic acids is 3. The van der Waals surface area contributed by atoms with Crippen LogP contribution in [0, 0.1) is 0 Å². The van der Waals surface area contributed by atoms with Crippen molar-refractivity contribution in [3.63, 3.8) is 0 Å². The summed E-state index contributed by atoms with van der Waals surface area (Å²) >= 11 is 1.46. The normalized spacial score (nSPS) is 16.6. The number of rotatable bonds is 8. The molecule has 0 aromatic heterocycles. The predicted octanol–water partition coefficient (Wildman–Crippen LogP) is 1.77. The summed E-state index contributed by atoms with van der Waals surface area (Å²) in [5.74, 6) is -0.00636. The molecule has 0 saturated carbocycles. The van der Waals surface area contributed by atoms with Gasteiger partial charge in [0.2, 0.25) is 5.91 Å². The molecule has 1 amide bonds. The lowest BCUT2D eigenvalue weighted by Crippen LogP contribution is -2.31. The third kappa shape index (κ3) is 5.12. The highest BCUT2D eigenvalue weighted by Gasteiger charge is 2.34. The van der Waals surface area contributed by atoms with Gasteiger partial charge in [-0.3, -0.25) is 9.59 Å². The molecule has 1 unspecified atom stereocenters. The van der Waals surface area contributed by atoms with Gasteiger partial charge < -0.3 is 19.1 Å². The minimum atomic E-state index is -0.449. The maximum absolute atomic E-state index is 12.2. The number of methoxy groups -OCH3 is 1. The molecular formula is C17H21NO6S. The van der Waals surface area contributed by atoms with Crippen LogP contribution in [0.1, 0.15) is 24.3 Å². The van der Waals surface area contributed by atoms with Crippen LogP contribution in [-0.4, -0.2) is 55.4 Å². The Morgan fingerprint density at radius 1 is 1.28 bits per heavy atom. The standard InChI is InChI=1S/C17H21NO6S/c1-3-23-16(21)10-24-13-7-5-4-6-12(13)17-18(14(19)11-25-17)9-8-15(20)22-2/h4-7,17H,3,8-11H2,1-2H3. The Bertz CT molecular complexity index is 635. The van der Waals surface area contributed by atoms with Crippen molar-refractivity contribution in [1.29, 1.82) is 0 Å². The van der Waals surface area contributed by atoms with Crippen LogP contribution in [0.5, 0.6) is 5.75 Å². The van der Waals surface area contributed by atoms with Crippen LogP contribution >= 0.6 is 11.8 Å². The van der Waals surface area contributed by atoms with Gasteiger partial charge in [0.15, 0.2) is 6.61 Å². The van der Waals surface area contributed by atoms with Crippen molar-refractivity contribution in [3.05, 3.63) is 29.8 Å². The fraction of sp³-hybridized carbons (Fsp3) is 0.471. The second-order valence-corrected chi connectivity index (χ2v) is 6.28. The van der Waals surface area contributed by atoms with Crippen LogP contribution in [0.15, 0.2) is 24.3 Å². The zero-order chi connectivity index (χ0) is 18.2. The van der Waals surface area contributed by atoms with E-state index in [2.05, 4.69) is 4.74 Å². The van der Waals surface area contributed by atoms with Crippen molar-refractivity contribution >= 4 is 29.6 Å². The van der Waals surface area contributed by atoms with E-state index in [1.807, 2.05) is 12.1 Å². The van der Waals surface area contributed by atoms with Crippen LogP contribution in [-0.2, 0) is 23.9 Å². The molecule has 0 aliphatic carbocycles. The minimum absolute atomic E-state index is 0.0425. The van der Waals surface area contributed by atoms with Gasteiger partial charge in [0.25, 0.3) is 0 Å². The smallest absolute Gasteiger partial charge is 0.344 e. The third-order valence-corrected chi connectivity index (χ3v) is 4.83. The number of thioether (sulfide) groups is 1. The highest BCUT2D eigenvalue weighted by Crippen LogP contribution is 2.42. The van der Waals surface area contributed by atoms with Crippen molar-refractivity contribution in [2.75, 3.05) is 32.6 Å². The number of amides is 1. The Morgan fingerprint density at radius 2 is 2.04 bits per heavy atom. The summed E-state index contributed by atoms with van der Waals surface area (Å²) in [4.78, 5) is 36.7. The SMILES string of the molecule is CCOC(=O)COc1ccccc1C1SCC(=O)N1CCC(=O)OC. The molecule has 0 bridgehead atoms. The van der Waals surface area contributed by atoms with Crippen molar-refractivity contribution in [3.8, 4) is 5.75 Å². The number of para-hydroxylation sites is 1. The molecular weight excluding hydrogens is 346 g/mol. The summed E-state index contributed by atoms with van der Waals surface area (Å²) in [6, 6.07) is 7.23. The number of ether oxygens (including phenoxy) is 3. The van der Waals surface area contributed by atoms with E-state index >= 15 is 0 Å². The molecule has 0 radical (unpaired) electrons. The Morgan fingerprint density at radius 3 is 2.76 bits per heavy atom. The number of nitrogens with zero attached hydrogens (tertiary/aromatic N) is 1. The summed E-state index contributed by atoms with van der Waals surface area (Å²) in [7, 11) is 1.32. The van der Waals surface area contributed by atoms with Gasteiger partial charge in [-0.05, 0) is 13.0 Å². The Balaban J connectivity index is 2.11. The average molecular weight is 367 g/mol. The topological polar surface area (TPSA) is 82.1 Å². The lowest BCUT2D eigenvalue weighted by Gasteiger charge is -2.25. The summed E-state index contributed by atoms with van der Waals surface area (Å²) in [5, 5.41) is -0.268. The molecule has 1 heterocycles. The molecule has 25 heavy (non-hydrogen) atoms. The summed E-state index contributed by atoms with van der Waals surface area (Å²) in [6.45, 7) is 2.09. The van der Waals surface area contributed by atoms with E-state index in [0.717, 1.165) is 5.56 Å². The van der Waals surface area contributed by atoms with Crippen LogP contribution in [0.25, 0.3) is 0 Å². The first-order chi connectivity index (χ1) is 12.1. The van der Waals surface area contributed by atoms with Gasteiger partial charge in [0.05, 0.1) is 25.9 Å². The average Bonchev–Trinajstić information content (AvgIpc) is 2.98. The van der Waals surface area contributed by atoms with Crippen molar-refractivity contribution in [1.82, 2.24) is 4.90 Å². The van der Waals surface area contributed by atoms with Gasteiger partial charge in [-0.15, -0.1) is 11.8 Å². The van der Waals surface area contributed by atoms with Crippen LogP contribution in [0.2, 0.25) is 0 Å². The third-order valence-electron chi connectivity index (χ3n) is 3.59. The molecule has 0 N–H and O–H groups in total. The number of benzene rings is 1. The molecule has 1 aliphatic rings. The van der Waals surface area contributed by atoms with Crippen LogP contribution in [0.3, 0.4) is 0 Å². The highest BCUT2D eigenvalue weighted by molar-refractivity contribution is 8.00. The van der Waals surface area contributed by atoms with Gasteiger partial charge in [-0.1, -0.05) is 18.2 Å². The zero-order valence-electron chi connectivity index (χ0n) is 14.2. The molecule has 1 fully saturated rings. The molecule has 1 atom stereocenters. The molecule has 136 valence electrons. The van der Waals surface area contributed by atoms with E-state index in [-0.39, 0.29) is 43.4 Å². The first kappa shape index (κ1) is 19.1. The summed E-state index contributed by atoms with van der Waals surface area (Å²) in [6.07, 6.45) is 0.130. The largest absolute Gasteiger partial charge is 0.482 e. The molecule has 0 spiro atoms. The Labute approximate surface area is 150 Å². The Hall–Kier alpha value is -2.22. The lowest BCUT2D eigenvalue weighted by atomic mass is 10.1. The molecule has 2 rings (SSSR count). The van der Waals surface area contributed by atoms with Gasteiger partial charge in [-0.2, -0.15) is 0 Å². The summed E-state index contributed by atoms with van der Waals surface area (Å²) < 4.78 is 15.1. The van der Waals surface area contributed by atoms with Crippen molar-refractivity contribution in [2.24, 2.45) is 0 Å². The second-order valence-electron chi connectivity index (χ2n) is 5.21. The first-order valence-electron chi connectivity index (χ1n) is 7.92. The van der Waals surface area contributed by atoms with Crippen molar-refractivity contribution in [2.45, 2.75) is 18.7 Å². The molecule has 1 aliphatic heterocycles. The quantitative estimate of drug-likeness (QED) is 0.648. The van der Waals surface area contributed by atoms with Crippen LogP contribution in [0.4, 0.5) is 0 Å². The summed E-state index contributed by atoms with van der Waals surface area (Å²) in [5.41, 5.74) is 0.785. The van der Waals surface area contributed by atoms with E-state index in [4.69, 9.17) is 9.47 Å². The van der Waals surface area contributed by atoms with E-state index in [1.54, 1.807) is 24.0 Å². The highest BCUT2D eigenvalue weighted by atomic mass is 32.2. The number of hydrogen-bond donors (Lipinski definition) is 0. The molecule has 7 nitrogen and oxygen atoms in total. The lowest BCUT2D eigenvalue weighted by molar-refractivity contribution is -0.145. The van der Waals surface area contributed by atoms with E-state index in [0.29, 0.717) is 11.5 Å². The second kappa shape index (κ2) is 9.31. The number of esters is 2. The molecule has 1 saturated heterocycles. The van der Waals surface area contributed by atoms with E-state index < -0.39 is 5.97 Å². The van der Waals surface area contributed by atoms with Crippen LogP contribution < -0.4 is 4.74 Å². The maximum atomic E-state index is 12.2. The van der Waals surface area contributed by atoms with E-state index in [1.165, 1.54) is 18.9 Å². The predicted molar refractivity (Wildman–Crippen MR) is 92.1 cm³/mol. The Kier molecular flexibility index (Phi) is 7.12. The monoisotopic (exact) mass is 367 g/mol. The number of hydrogen-bond acceptors (Lipinski definition) is 7. The molecule has 1 aromatic rings. The van der Waals surface area contributed by atoms with Gasteiger partial charge in [-0.25, -0.2) is 4.79 Å². The number of carbonyl (C=O) groups is 3. The van der Waals surface area contributed by atoms with E-state index in [9.17, 15) is 14.4 Å². The zero-order valence-corrected chi connectivity index (χ0v) is 15.0. The maximum Gasteiger partial charge on any atom is 0.344 e. The first-order valence-corrected chi connectivity index (χ1v) is 8.97.